The molecule has 0 fully saturated rings. The van der Waals surface area contributed by atoms with Crippen molar-refractivity contribution in [1.29, 1.82) is 0 Å². The monoisotopic (exact) mass is 393 g/mol. The van der Waals surface area contributed by atoms with Crippen LogP contribution in [-0.2, 0) is 6.42 Å². The Balaban J connectivity index is 1.55. The van der Waals surface area contributed by atoms with Gasteiger partial charge in [0, 0.05) is 18.4 Å². The first-order valence-corrected chi connectivity index (χ1v) is 9.22. The Morgan fingerprint density at radius 2 is 2.03 bits per heavy atom. The lowest BCUT2D eigenvalue weighted by Crippen LogP contribution is -2.30. The molecule has 150 valence electrons. The van der Waals surface area contributed by atoms with Gasteiger partial charge >= 0.3 is 6.03 Å². The van der Waals surface area contributed by atoms with E-state index in [9.17, 15) is 9.59 Å². The van der Waals surface area contributed by atoms with Crippen LogP contribution in [0.3, 0.4) is 0 Å². The largest absolute Gasteiger partial charge is 0.496 e. The number of ether oxygens (including phenoxy) is 1. The van der Waals surface area contributed by atoms with Gasteiger partial charge in [0.25, 0.3) is 5.91 Å². The normalized spacial score (nSPS) is 10.6. The summed E-state index contributed by atoms with van der Waals surface area (Å²) in [5.41, 5.74) is 9.47. The smallest absolute Gasteiger partial charge is 0.319 e. The van der Waals surface area contributed by atoms with E-state index in [4.69, 9.17) is 10.5 Å². The molecular formula is C21H23N5O3. The first-order valence-electron chi connectivity index (χ1n) is 9.22. The average molecular weight is 393 g/mol. The van der Waals surface area contributed by atoms with Crippen molar-refractivity contribution >= 4 is 28.7 Å². The van der Waals surface area contributed by atoms with Crippen LogP contribution in [0.5, 0.6) is 5.75 Å². The number of pyridine rings is 2. The van der Waals surface area contributed by atoms with Crippen molar-refractivity contribution in [3.05, 3.63) is 59.4 Å². The van der Waals surface area contributed by atoms with Gasteiger partial charge in [0.05, 0.1) is 23.9 Å². The molecule has 0 saturated heterocycles. The molecular weight excluding hydrogens is 370 g/mol. The molecule has 0 radical (unpaired) electrons. The number of methoxy groups -OCH3 is 1. The third kappa shape index (κ3) is 4.98. The predicted molar refractivity (Wildman–Crippen MR) is 111 cm³/mol. The number of urea groups is 1. The molecule has 2 aromatic heterocycles. The van der Waals surface area contributed by atoms with Crippen molar-refractivity contribution in [3.63, 3.8) is 0 Å². The van der Waals surface area contributed by atoms with Gasteiger partial charge < -0.3 is 21.1 Å². The SMILES string of the molecule is COc1ccc(CCCNC(=O)Nc2cc(C)nc3cccnc23)cc1C(N)=O. The zero-order valence-electron chi connectivity index (χ0n) is 16.4. The van der Waals surface area contributed by atoms with Crippen LogP contribution in [0, 0.1) is 6.92 Å². The number of rotatable bonds is 7. The Morgan fingerprint density at radius 1 is 1.21 bits per heavy atom. The van der Waals surface area contributed by atoms with Gasteiger partial charge in [-0.25, -0.2) is 4.79 Å². The highest BCUT2D eigenvalue weighted by atomic mass is 16.5. The molecule has 0 saturated carbocycles. The summed E-state index contributed by atoms with van der Waals surface area (Å²) in [6.07, 6.45) is 3.05. The third-order valence-corrected chi connectivity index (χ3v) is 4.40. The average Bonchev–Trinajstić information content (AvgIpc) is 2.71. The van der Waals surface area contributed by atoms with E-state index in [0.29, 0.717) is 41.9 Å². The number of hydrogen-bond acceptors (Lipinski definition) is 5. The molecule has 0 aliphatic rings. The molecule has 4 N–H and O–H groups in total. The van der Waals surface area contributed by atoms with Gasteiger partial charge in [0.1, 0.15) is 11.3 Å². The number of carbonyl (C=O) groups is 2. The van der Waals surface area contributed by atoms with Crippen molar-refractivity contribution in [2.45, 2.75) is 19.8 Å². The predicted octanol–water partition coefficient (Wildman–Crippen LogP) is 2.80. The van der Waals surface area contributed by atoms with Crippen molar-refractivity contribution in [2.24, 2.45) is 5.73 Å². The van der Waals surface area contributed by atoms with Gasteiger partial charge in [-0.1, -0.05) is 6.07 Å². The van der Waals surface area contributed by atoms with E-state index in [1.54, 1.807) is 30.5 Å². The van der Waals surface area contributed by atoms with E-state index < -0.39 is 5.91 Å². The lowest BCUT2D eigenvalue weighted by molar-refractivity contribution is 0.0997. The van der Waals surface area contributed by atoms with Crippen LogP contribution >= 0.6 is 0 Å². The molecule has 0 spiro atoms. The zero-order chi connectivity index (χ0) is 20.8. The van der Waals surface area contributed by atoms with E-state index in [-0.39, 0.29) is 6.03 Å². The van der Waals surface area contributed by atoms with E-state index in [0.717, 1.165) is 16.8 Å². The maximum atomic E-state index is 12.3. The molecule has 0 aliphatic heterocycles. The molecule has 29 heavy (non-hydrogen) atoms. The number of aromatic nitrogens is 2. The van der Waals surface area contributed by atoms with Crippen molar-refractivity contribution < 1.29 is 14.3 Å². The Labute approximate surface area is 168 Å². The molecule has 0 atom stereocenters. The Morgan fingerprint density at radius 3 is 2.79 bits per heavy atom. The van der Waals surface area contributed by atoms with E-state index in [1.165, 1.54) is 7.11 Å². The lowest BCUT2D eigenvalue weighted by Gasteiger charge is -2.11. The van der Waals surface area contributed by atoms with Crippen LogP contribution in [0.1, 0.15) is 28.0 Å². The van der Waals surface area contributed by atoms with Gasteiger partial charge in [-0.05, 0) is 55.7 Å². The minimum absolute atomic E-state index is 0.310. The molecule has 0 aliphatic carbocycles. The lowest BCUT2D eigenvalue weighted by atomic mass is 10.0. The summed E-state index contributed by atoms with van der Waals surface area (Å²) in [4.78, 5) is 32.5. The number of hydrogen-bond donors (Lipinski definition) is 3. The number of fused-ring (bicyclic) bond motifs is 1. The number of amides is 3. The quantitative estimate of drug-likeness (QED) is 0.533. The summed E-state index contributed by atoms with van der Waals surface area (Å²) in [7, 11) is 1.49. The van der Waals surface area contributed by atoms with Gasteiger partial charge in [-0.3, -0.25) is 14.8 Å². The first kappa shape index (κ1) is 20.1. The Kier molecular flexibility index (Phi) is 6.23. The van der Waals surface area contributed by atoms with Crippen LogP contribution in [-0.4, -0.2) is 35.6 Å². The summed E-state index contributed by atoms with van der Waals surface area (Å²) in [5, 5.41) is 5.66. The molecule has 0 unspecified atom stereocenters. The molecule has 3 rings (SSSR count). The summed E-state index contributed by atoms with van der Waals surface area (Å²) in [5.74, 6) is -0.0816. The minimum atomic E-state index is -0.533. The Hall–Kier alpha value is -3.68. The number of benzene rings is 1. The highest BCUT2D eigenvalue weighted by Crippen LogP contribution is 2.21. The summed E-state index contributed by atoms with van der Waals surface area (Å²) < 4.78 is 5.14. The van der Waals surface area contributed by atoms with Crippen LogP contribution in [0.25, 0.3) is 11.0 Å². The Bertz CT molecular complexity index is 1050. The van der Waals surface area contributed by atoms with E-state index >= 15 is 0 Å². The third-order valence-electron chi connectivity index (χ3n) is 4.40. The fraction of sp³-hybridized carbons (Fsp3) is 0.238. The van der Waals surface area contributed by atoms with Crippen LogP contribution < -0.4 is 21.1 Å². The molecule has 8 heteroatoms. The second-order valence-electron chi connectivity index (χ2n) is 6.57. The van der Waals surface area contributed by atoms with Gasteiger partial charge in [0.2, 0.25) is 0 Å². The van der Waals surface area contributed by atoms with E-state index in [2.05, 4.69) is 20.6 Å². The zero-order valence-corrected chi connectivity index (χ0v) is 16.4. The summed E-state index contributed by atoms with van der Waals surface area (Å²) >= 11 is 0. The van der Waals surface area contributed by atoms with Crippen LogP contribution in [0.2, 0.25) is 0 Å². The first-order chi connectivity index (χ1) is 14.0. The number of nitrogens with two attached hydrogens (primary N) is 1. The highest BCUT2D eigenvalue weighted by Gasteiger charge is 2.11. The number of anilines is 1. The number of carbonyl (C=O) groups excluding carboxylic acids is 2. The fourth-order valence-electron chi connectivity index (χ4n) is 3.05. The molecule has 3 aromatic rings. The minimum Gasteiger partial charge on any atom is -0.496 e. The standard InChI is InChI=1S/C21H23N5O3/c1-13-11-17(19-16(25-13)6-4-9-23-19)26-21(28)24-10-3-5-14-7-8-18(29-2)15(12-14)20(22)27/h4,6-9,11-12H,3,5,10H2,1-2H3,(H2,22,27)(H2,24,25,26,28). The van der Waals surface area contributed by atoms with Crippen molar-refractivity contribution in [3.8, 4) is 5.75 Å². The summed E-state index contributed by atoms with van der Waals surface area (Å²) in [6, 6.07) is 10.5. The number of nitrogens with one attached hydrogen (secondary N) is 2. The fourth-order valence-corrected chi connectivity index (χ4v) is 3.05. The second kappa shape index (κ2) is 9.01. The maximum Gasteiger partial charge on any atom is 0.319 e. The summed E-state index contributed by atoms with van der Waals surface area (Å²) in [6.45, 7) is 2.34. The highest BCUT2D eigenvalue weighted by molar-refractivity contribution is 5.98. The van der Waals surface area contributed by atoms with Crippen molar-refractivity contribution in [1.82, 2.24) is 15.3 Å². The van der Waals surface area contributed by atoms with Crippen LogP contribution in [0.15, 0.2) is 42.6 Å². The molecule has 3 amide bonds. The number of nitrogens with zero attached hydrogens (tertiary/aromatic N) is 2. The van der Waals surface area contributed by atoms with Gasteiger partial charge in [0.15, 0.2) is 0 Å². The molecule has 2 heterocycles. The van der Waals surface area contributed by atoms with Crippen LogP contribution in [0.4, 0.5) is 10.5 Å². The molecule has 8 nitrogen and oxygen atoms in total. The van der Waals surface area contributed by atoms with Gasteiger partial charge in [-0.15, -0.1) is 0 Å². The number of primary amides is 1. The maximum absolute atomic E-state index is 12.3. The van der Waals surface area contributed by atoms with Crippen molar-refractivity contribution in [2.75, 3.05) is 19.0 Å². The number of aryl methyl sites for hydroxylation is 2. The van der Waals surface area contributed by atoms with E-state index in [1.807, 2.05) is 19.1 Å². The molecule has 0 bridgehead atoms. The topological polar surface area (TPSA) is 119 Å². The van der Waals surface area contributed by atoms with Gasteiger partial charge in [-0.2, -0.15) is 0 Å². The molecule has 1 aromatic carbocycles. The second-order valence-corrected chi connectivity index (χ2v) is 6.57.